The highest BCUT2D eigenvalue weighted by atomic mass is 16.3. The van der Waals surface area contributed by atoms with Gasteiger partial charge in [0.2, 0.25) is 5.78 Å². The lowest BCUT2D eigenvalue weighted by Gasteiger charge is -2.37. The standard InChI is InChI=1S/C14H20O2/c1-10-7-8-12(16-10)13(15)11-6-4-5-9-14(11,2)3/h7-8,11H,4-6,9H2,1-3H3. The van der Waals surface area contributed by atoms with Crippen LogP contribution in [0.25, 0.3) is 0 Å². The molecule has 0 bridgehead atoms. The molecule has 0 radical (unpaired) electrons. The van der Waals surface area contributed by atoms with E-state index in [2.05, 4.69) is 13.8 Å². The van der Waals surface area contributed by atoms with Gasteiger partial charge in [-0.2, -0.15) is 0 Å². The van der Waals surface area contributed by atoms with E-state index in [0.717, 1.165) is 18.6 Å². The first-order chi connectivity index (χ1) is 7.50. The molecule has 0 aliphatic heterocycles. The SMILES string of the molecule is Cc1ccc(C(=O)C2CCCCC2(C)C)o1. The molecule has 2 nitrogen and oxygen atoms in total. The summed E-state index contributed by atoms with van der Waals surface area (Å²) in [6, 6.07) is 3.67. The van der Waals surface area contributed by atoms with Crippen LogP contribution in [-0.2, 0) is 0 Å². The molecule has 1 atom stereocenters. The summed E-state index contributed by atoms with van der Waals surface area (Å²) >= 11 is 0. The van der Waals surface area contributed by atoms with Crippen LogP contribution < -0.4 is 0 Å². The second-order valence-corrected chi connectivity index (χ2v) is 5.56. The van der Waals surface area contributed by atoms with Crippen molar-refractivity contribution in [3.63, 3.8) is 0 Å². The number of hydrogen-bond acceptors (Lipinski definition) is 2. The zero-order valence-corrected chi connectivity index (χ0v) is 10.4. The molecule has 1 aliphatic carbocycles. The van der Waals surface area contributed by atoms with E-state index in [1.165, 1.54) is 12.8 Å². The smallest absolute Gasteiger partial charge is 0.201 e. The number of ketones is 1. The van der Waals surface area contributed by atoms with Gasteiger partial charge in [0.05, 0.1) is 0 Å². The Morgan fingerprint density at radius 1 is 1.38 bits per heavy atom. The zero-order valence-electron chi connectivity index (χ0n) is 10.4. The minimum absolute atomic E-state index is 0.121. The molecule has 1 aliphatic rings. The fourth-order valence-corrected chi connectivity index (χ4v) is 2.72. The number of rotatable bonds is 2. The highest BCUT2D eigenvalue weighted by Crippen LogP contribution is 2.42. The number of aryl methyl sites for hydroxylation is 1. The van der Waals surface area contributed by atoms with Crippen LogP contribution in [0, 0.1) is 18.3 Å². The van der Waals surface area contributed by atoms with Crippen molar-refractivity contribution in [2.45, 2.75) is 46.5 Å². The number of carbonyl (C=O) groups excluding carboxylic acids is 1. The summed E-state index contributed by atoms with van der Waals surface area (Å²) in [5, 5.41) is 0. The molecule has 1 unspecified atom stereocenters. The van der Waals surface area contributed by atoms with E-state index in [1.807, 2.05) is 19.1 Å². The van der Waals surface area contributed by atoms with E-state index in [1.54, 1.807) is 0 Å². The number of furan rings is 1. The maximum absolute atomic E-state index is 12.3. The van der Waals surface area contributed by atoms with E-state index in [9.17, 15) is 4.79 Å². The molecule has 0 N–H and O–H groups in total. The van der Waals surface area contributed by atoms with Gasteiger partial charge in [-0.25, -0.2) is 0 Å². The first-order valence-corrected chi connectivity index (χ1v) is 6.11. The van der Waals surface area contributed by atoms with Gasteiger partial charge in [-0.15, -0.1) is 0 Å². The van der Waals surface area contributed by atoms with Crippen LogP contribution in [0.4, 0.5) is 0 Å². The Hall–Kier alpha value is -1.05. The van der Waals surface area contributed by atoms with Gasteiger partial charge in [-0.3, -0.25) is 4.79 Å². The van der Waals surface area contributed by atoms with Gasteiger partial charge < -0.3 is 4.42 Å². The molecule has 16 heavy (non-hydrogen) atoms. The largest absolute Gasteiger partial charge is 0.458 e. The summed E-state index contributed by atoms with van der Waals surface area (Å²) in [6.07, 6.45) is 4.56. The first kappa shape index (κ1) is 11.4. The molecule has 1 aromatic rings. The Morgan fingerprint density at radius 2 is 2.12 bits per heavy atom. The molecule has 0 amide bonds. The Balaban J connectivity index is 2.20. The lowest BCUT2D eigenvalue weighted by Crippen LogP contribution is -2.33. The van der Waals surface area contributed by atoms with Crippen LogP contribution in [0.15, 0.2) is 16.5 Å². The zero-order chi connectivity index (χ0) is 11.8. The van der Waals surface area contributed by atoms with Gasteiger partial charge in [-0.1, -0.05) is 26.7 Å². The van der Waals surface area contributed by atoms with Gasteiger partial charge in [0.15, 0.2) is 5.76 Å². The molecule has 0 spiro atoms. The van der Waals surface area contributed by atoms with E-state index in [0.29, 0.717) is 5.76 Å². The monoisotopic (exact) mass is 220 g/mol. The highest BCUT2D eigenvalue weighted by molar-refractivity contribution is 5.95. The van der Waals surface area contributed by atoms with Crippen molar-refractivity contribution in [3.8, 4) is 0 Å². The Labute approximate surface area is 97.0 Å². The molecule has 0 saturated heterocycles. The molecular weight excluding hydrogens is 200 g/mol. The maximum Gasteiger partial charge on any atom is 0.201 e. The summed E-state index contributed by atoms with van der Waals surface area (Å²) in [5.41, 5.74) is 0.121. The molecule has 88 valence electrons. The van der Waals surface area contributed by atoms with E-state index < -0.39 is 0 Å². The summed E-state index contributed by atoms with van der Waals surface area (Å²) in [4.78, 5) is 12.3. The van der Waals surface area contributed by atoms with Crippen molar-refractivity contribution < 1.29 is 9.21 Å². The molecule has 1 saturated carbocycles. The van der Waals surface area contributed by atoms with Crippen molar-refractivity contribution >= 4 is 5.78 Å². The third-order valence-corrected chi connectivity index (χ3v) is 3.81. The minimum Gasteiger partial charge on any atom is -0.458 e. The van der Waals surface area contributed by atoms with Gasteiger partial charge in [-0.05, 0) is 37.3 Å². The summed E-state index contributed by atoms with van der Waals surface area (Å²) in [7, 11) is 0. The lowest BCUT2D eigenvalue weighted by molar-refractivity contribution is 0.0667. The van der Waals surface area contributed by atoms with Crippen LogP contribution in [0.2, 0.25) is 0 Å². The van der Waals surface area contributed by atoms with E-state index in [4.69, 9.17) is 4.42 Å². The summed E-state index contributed by atoms with van der Waals surface area (Å²) in [5.74, 6) is 1.68. The normalized spacial score (nSPS) is 24.3. The minimum atomic E-state index is 0.121. The van der Waals surface area contributed by atoms with Crippen LogP contribution in [0.3, 0.4) is 0 Å². The maximum atomic E-state index is 12.3. The van der Waals surface area contributed by atoms with Crippen LogP contribution in [-0.4, -0.2) is 5.78 Å². The summed E-state index contributed by atoms with van der Waals surface area (Å²) < 4.78 is 5.44. The predicted molar refractivity (Wildman–Crippen MR) is 63.5 cm³/mol. The molecule has 2 rings (SSSR count). The molecule has 1 heterocycles. The van der Waals surface area contributed by atoms with Gasteiger partial charge >= 0.3 is 0 Å². The average molecular weight is 220 g/mol. The fourth-order valence-electron chi connectivity index (χ4n) is 2.72. The second-order valence-electron chi connectivity index (χ2n) is 5.56. The topological polar surface area (TPSA) is 30.2 Å². The van der Waals surface area contributed by atoms with Gasteiger partial charge in [0.1, 0.15) is 5.76 Å². The highest BCUT2D eigenvalue weighted by Gasteiger charge is 2.38. The predicted octanol–water partition coefficient (Wildman–Crippen LogP) is 3.99. The fraction of sp³-hybridized carbons (Fsp3) is 0.643. The Morgan fingerprint density at radius 3 is 2.69 bits per heavy atom. The quantitative estimate of drug-likeness (QED) is 0.705. The van der Waals surface area contributed by atoms with E-state index in [-0.39, 0.29) is 17.1 Å². The van der Waals surface area contributed by atoms with Crippen LogP contribution in [0.5, 0.6) is 0 Å². The van der Waals surface area contributed by atoms with Crippen LogP contribution in [0.1, 0.15) is 55.8 Å². The molecule has 0 aromatic carbocycles. The van der Waals surface area contributed by atoms with Gasteiger partial charge in [0.25, 0.3) is 0 Å². The van der Waals surface area contributed by atoms with Crippen LogP contribution >= 0.6 is 0 Å². The Kier molecular flexibility index (Phi) is 2.92. The Bertz CT molecular complexity index is 387. The third-order valence-electron chi connectivity index (χ3n) is 3.81. The average Bonchev–Trinajstić information content (AvgIpc) is 2.63. The van der Waals surface area contributed by atoms with Crippen molar-refractivity contribution in [2.24, 2.45) is 11.3 Å². The van der Waals surface area contributed by atoms with E-state index >= 15 is 0 Å². The lowest BCUT2D eigenvalue weighted by atomic mass is 9.67. The van der Waals surface area contributed by atoms with Crippen molar-refractivity contribution in [1.82, 2.24) is 0 Å². The van der Waals surface area contributed by atoms with Crippen molar-refractivity contribution in [3.05, 3.63) is 23.7 Å². The number of hydrogen-bond donors (Lipinski definition) is 0. The van der Waals surface area contributed by atoms with Gasteiger partial charge in [0, 0.05) is 5.92 Å². The molecule has 2 heteroatoms. The number of Topliss-reactive ketones (excluding diaryl/α,β-unsaturated/α-hetero) is 1. The van der Waals surface area contributed by atoms with Crippen molar-refractivity contribution in [1.29, 1.82) is 0 Å². The third kappa shape index (κ3) is 2.06. The summed E-state index contributed by atoms with van der Waals surface area (Å²) in [6.45, 7) is 6.28. The van der Waals surface area contributed by atoms with Crippen molar-refractivity contribution in [2.75, 3.05) is 0 Å². The molecular formula is C14H20O2. The molecule has 1 aromatic heterocycles. The first-order valence-electron chi connectivity index (χ1n) is 6.11. The number of carbonyl (C=O) groups is 1. The molecule has 1 fully saturated rings. The second kappa shape index (κ2) is 4.08.